The molecule has 0 radical (unpaired) electrons. The summed E-state index contributed by atoms with van der Waals surface area (Å²) in [5.74, 6) is 1.05. The van der Waals surface area contributed by atoms with Crippen molar-refractivity contribution in [1.29, 1.82) is 0 Å². The van der Waals surface area contributed by atoms with Crippen LogP contribution in [0, 0.1) is 18.8 Å². The highest BCUT2D eigenvalue weighted by atomic mass is 16.5. The number of carbonyl (C=O) groups excluding carboxylic acids is 2. The van der Waals surface area contributed by atoms with Crippen LogP contribution < -0.4 is 16.0 Å². The van der Waals surface area contributed by atoms with Crippen LogP contribution in [0.2, 0.25) is 0 Å². The van der Waals surface area contributed by atoms with Crippen molar-refractivity contribution in [1.82, 2.24) is 20.9 Å². The lowest BCUT2D eigenvalue weighted by molar-refractivity contribution is 0.0528. The molecule has 1 aliphatic heterocycles. The summed E-state index contributed by atoms with van der Waals surface area (Å²) in [6.07, 6.45) is 4.38. The van der Waals surface area contributed by atoms with E-state index in [4.69, 9.17) is 4.74 Å². The molecule has 1 saturated carbocycles. The maximum absolute atomic E-state index is 12.2. The van der Waals surface area contributed by atoms with Gasteiger partial charge in [-0.25, -0.2) is 9.59 Å². The second kappa shape index (κ2) is 11.0. The fourth-order valence-corrected chi connectivity index (χ4v) is 3.94. The molecule has 0 atom stereocenters. The van der Waals surface area contributed by atoms with Crippen LogP contribution in [-0.4, -0.2) is 56.4 Å². The SMILES string of the molecule is Cc1ccc(CNC(=O)NCC2CCC(CNC(=O)N3CCOCC3)CC2)cc1. The maximum atomic E-state index is 12.2. The molecule has 3 rings (SSSR count). The number of hydrogen-bond donors (Lipinski definition) is 3. The largest absolute Gasteiger partial charge is 0.378 e. The molecule has 1 aromatic rings. The summed E-state index contributed by atoms with van der Waals surface area (Å²) >= 11 is 0. The van der Waals surface area contributed by atoms with Gasteiger partial charge in [-0.05, 0) is 50.0 Å². The smallest absolute Gasteiger partial charge is 0.317 e. The van der Waals surface area contributed by atoms with E-state index >= 15 is 0 Å². The van der Waals surface area contributed by atoms with Gasteiger partial charge in [-0.3, -0.25) is 0 Å². The van der Waals surface area contributed by atoms with Crippen molar-refractivity contribution < 1.29 is 14.3 Å². The average molecular weight is 403 g/mol. The van der Waals surface area contributed by atoms with E-state index in [9.17, 15) is 9.59 Å². The first-order valence-corrected chi connectivity index (χ1v) is 10.8. The molecular formula is C22H34N4O3. The van der Waals surface area contributed by atoms with Crippen LogP contribution in [0.1, 0.15) is 36.8 Å². The van der Waals surface area contributed by atoms with Gasteiger partial charge in [0.2, 0.25) is 0 Å². The molecule has 29 heavy (non-hydrogen) atoms. The number of rotatable bonds is 6. The summed E-state index contributed by atoms with van der Waals surface area (Å²) in [6.45, 7) is 6.67. The number of hydrogen-bond acceptors (Lipinski definition) is 3. The van der Waals surface area contributed by atoms with Crippen LogP contribution in [-0.2, 0) is 11.3 Å². The number of amides is 4. The molecule has 2 fully saturated rings. The van der Waals surface area contributed by atoms with Gasteiger partial charge in [0.15, 0.2) is 0 Å². The fraction of sp³-hybridized carbons (Fsp3) is 0.636. The number of morpholine rings is 1. The number of nitrogens with one attached hydrogen (secondary N) is 3. The minimum Gasteiger partial charge on any atom is -0.378 e. The van der Waals surface area contributed by atoms with Crippen molar-refractivity contribution in [2.75, 3.05) is 39.4 Å². The second-order valence-electron chi connectivity index (χ2n) is 8.22. The predicted octanol–water partition coefficient (Wildman–Crippen LogP) is 2.64. The van der Waals surface area contributed by atoms with Gasteiger partial charge in [-0.2, -0.15) is 0 Å². The molecule has 4 amide bonds. The van der Waals surface area contributed by atoms with Crippen LogP contribution in [0.5, 0.6) is 0 Å². The minimum atomic E-state index is -0.106. The third kappa shape index (κ3) is 7.24. The molecule has 7 nitrogen and oxygen atoms in total. The van der Waals surface area contributed by atoms with Gasteiger partial charge in [0.05, 0.1) is 13.2 Å². The molecule has 1 heterocycles. The van der Waals surface area contributed by atoms with Gasteiger partial charge in [-0.15, -0.1) is 0 Å². The monoisotopic (exact) mass is 402 g/mol. The number of urea groups is 2. The van der Waals surface area contributed by atoms with Crippen LogP contribution in [0.4, 0.5) is 9.59 Å². The lowest BCUT2D eigenvalue weighted by Crippen LogP contribution is -2.47. The predicted molar refractivity (Wildman–Crippen MR) is 113 cm³/mol. The van der Waals surface area contributed by atoms with Crippen molar-refractivity contribution in [3.63, 3.8) is 0 Å². The normalized spacial score (nSPS) is 22.0. The van der Waals surface area contributed by atoms with Gasteiger partial charge in [0, 0.05) is 32.7 Å². The van der Waals surface area contributed by atoms with Crippen LogP contribution in [0.3, 0.4) is 0 Å². The Balaban J connectivity index is 1.26. The van der Waals surface area contributed by atoms with Crippen LogP contribution in [0.15, 0.2) is 24.3 Å². The Labute approximate surface area is 173 Å². The number of aryl methyl sites for hydroxylation is 1. The molecule has 0 spiro atoms. The van der Waals surface area contributed by atoms with Crippen LogP contribution in [0.25, 0.3) is 0 Å². The number of carbonyl (C=O) groups is 2. The zero-order valence-corrected chi connectivity index (χ0v) is 17.4. The van der Waals surface area contributed by atoms with Crippen molar-refractivity contribution in [2.45, 2.75) is 39.2 Å². The highest BCUT2D eigenvalue weighted by Gasteiger charge is 2.23. The Morgan fingerprint density at radius 1 is 0.931 bits per heavy atom. The van der Waals surface area contributed by atoms with Gasteiger partial charge in [0.1, 0.15) is 0 Å². The first-order chi connectivity index (χ1) is 14.1. The quantitative estimate of drug-likeness (QED) is 0.684. The standard InChI is InChI=1S/C22H34N4O3/c1-17-2-4-18(5-3-17)14-23-21(27)24-15-19-6-8-20(9-7-19)16-25-22(28)26-10-12-29-13-11-26/h2-5,19-20H,6-16H2,1H3,(H,25,28)(H2,23,24,27). The van der Waals surface area contributed by atoms with Gasteiger partial charge in [0.25, 0.3) is 0 Å². The molecule has 2 aliphatic rings. The average Bonchev–Trinajstić information content (AvgIpc) is 2.77. The molecule has 0 unspecified atom stereocenters. The Morgan fingerprint density at radius 2 is 1.52 bits per heavy atom. The topological polar surface area (TPSA) is 82.7 Å². The van der Waals surface area contributed by atoms with E-state index in [1.54, 1.807) is 0 Å². The number of ether oxygens (including phenoxy) is 1. The fourth-order valence-electron chi connectivity index (χ4n) is 3.94. The van der Waals surface area contributed by atoms with Crippen molar-refractivity contribution >= 4 is 12.1 Å². The number of benzene rings is 1. The summed E-state index contributed by atoms with van der Waals surface area (Å²) in [5.41, 5.74) is 2.32. The Bertz CT molecular complexity index is 651. The van der Waals surface area contributed by atoms with E-state index < -0.39 is 0 Å². The van der Waals surface area contributed by atoms with E-state index in [0.717, 1.165) is 37.8 Å². The number of nitrogens with zero attached hydrogens (tertiary/aromatic N) is 1. The maximum Gasteiger partial charge on any atom is 0.317 e. The molecule has 0 bridgehead atoms. The van der Waals surface area contributed by atoms with E-state index in [2.05, 4.69) is 35.0 Å². The van der Waals surface area contributed by atoms with Crippen molar-refractivity contribution in [2.24, 2.45) is 11.8 Å². The minimum absolute atomic E-state index is 0.0299. The van der Waals surface area contributed by atoms with Crippen molar-refractivity contribution in [3.05, 3.63) is 35.4 Å². The third-order valence-corrected chi connectivity index (χ3v) is 5.93. The molecule has 1 saturated heterocycles. The zero-order chi connectivity index (χ0) is 20.5. The second-order valence-corrected chi connectivity index (χ2v) is 8.22. The molecule has 7 heteroatoms. The van der Waals surface area contributed by atoms with Gasteiger partial charge < -0.3 is 25.6 Å². The first-order valence-electron chi connectivity index (χ1n) is 10.8. The van der Waals surface area contributed by atoms with E-state index in [-0.39, 0.29) is 12.1 Å². The Morgan fingerprint density at radius 3 is 2.14 bits per heavy atom. The molecule has 3 N–H and O–H groups in total. The summed E-state index contributed by atoms with van der Waals surface area (Å²) < 4.78 is 5.28. The summed E-state index contributed by atoms with van der Waals surface area (Å²) in [4.78, 5) is 26.0. The molecular weight excluding hydrogens is 368 g/mol. The van der Waals surface area contributed by atoms with E-state index in [1.165, 1.54) is 5.56 Å². The zero-order valence-electron chi connectivity index (χ0n) is 17.4. The van der Waals surface area contributed by atoms with Gasteiger partial charge in [-0.1, -0.05) is 29.8 Å². The summed E-state index contributed by atoms with van der Waals surface area (Å²) in [7, 11) is 0. The molecule has 0 aromatic heterocycles. The summed E-state index contributed by atoms with van der Waals surface area (Å²) in [6, 6.07) is 8.10. The third-order valence-electron chi connectivity index (χ3n) is 5.93. The highest BCUT2D eigenvalue weighted by Crippen LogP contribution is 2.28. The van der Waals surface area contributed by atoms with E-state index in [0.29, 0.717) is 51.2 Å². The van der Waals surface area contributed by atoms with Gasteiger partial charge >= 0.3 is 12.1 Å². The van der Waals surface area contributed by atoms with E-state index in [1.807, 2.05) is 17.0 Å². The lowest BCUT2D eigenvalue weighted by Gasteiger charge is -2.31. The molecule has 1 aliphatic carbocycles. The van der Waals surface area contributed by atoms with Crippen molar-refractivity contribution in [3.8, 4) is 0 Å². The summed E-state index contributed by atoms with van der Waals surface area (Å²) in [5, 5.41) is 9.00. The molecule has 160 valence electrons. The highest BCUT2D eigenvalue weighted by molar-refractivity contribution is 5.74. The molecule has 1 aromatic carbocycles. The Kier molecular flexibility index (Phi) is 8.16. The first kappa shape index (κ1) is 21.4. The Hall–Kier alpha value is -2.28. The lowest BCUT2D eigenvalue weighted by atomic mass is 9.82. The van der Waals surface area contributed by atoms with Crippen LogP contribution >= 0.6 is 0 Å².